The molecule has 3 heterocycles. The molecule has 9 nitrogen and oxygen atoms in total. The summed E-state index contributed by atoms with van der Waals surface area (Å²) in [6.07, 6.45) is 8.69. The minimum absolute atomic E-state index is 0.216. The van der Waals surface area contributed by atoms with Crippen LogP contribution < -0.4 is 0 Å². The number of hydrogen-bond acceptors (Lipinski definition) is 6. The Morgan fingerprint density at radius 3 is 0.818 bits per heavy atom. The molecule has 6 amide bonds. The lowest BCUT2D eigenvalue weighted by atomic mass is 9.99. The Bertz CT molecular complexity index is 954. The van der Waals surface area contributed by atoms with Crippen molar-refractivity contribution in [2.45, 2.75) is 19.3 Å². The molecular weight excluding hydrogens is 426 g/mol. The number of amides is 6. The van der Waals surface area contributed by atoms with E-state index in [1.807, 2.05) is 18.2 Å². The number of carbonyl (C=O) groups excluding carboxylic acids is 6. The number of rotatable bonds is 9. The van der Waals surface area contributed by atoms with Gasteiger partial charge in [0.05, 0.1) is 0 Å². The first-order chi connectivity index (χ1) is 15.8. The quantitative estimate of drug-likeness (QED) is 0.496. The van der Waals surface area contributed by atoms with Crippen LogP contribution in [0.5, 0.6) is 0 Å². The Morgan fingerprint density at radius 2 is 0.606 bits per heavy atom. The maximum atomic E-state index is 11.8. The molecule has 0 aliphatic carbocycles. The van der Waals surface area contributed by atoms with Crippen LogP contribution in [0.3, 0.4) is 0 Å². The fourth-order valence-electron chi connectivity index (χ4n) is 3.95. The van der Waals surface area contributed by atoms with Crippen molar-refractivity contribution in [2.24, 2.45) is 0 Å². The van der Waals surface area contributed by atoms with Gasteiger partial charge < -0.3 is 0 Å². The van der Waals surface area contributed by atoms with E-state index in [9.17, 15) is 28.8 Å². The minimum Gasteiger partial charge on any atom is -0.275 e. The van der Waals surface area contributed by atoms with Crippen LogP contribution in [-0.4, -0.2) is 69.8 Å². The molecule has 1 aromatic rings. The summed E-state index contributed by atoms with van der Waals surface area (Å²) in [6.45, 7) is 0.648. The van der Waals surface area contributed by atoms with E-state index >= 15 is 0 Å². The van der Waals surface area contributed by atoms with Gasteiger partial charge in [0, 0.05) is 56.1 Å². The summed E-state index contributed by atoms with van der Waals surface area (Å²) < 4.78 is 0. The number of imide groups is 3. The largest absolute Gasteiger partial charge is 0.275 e. The Hall–Kier alpha value is -4.14. The maximum Gasteiger partial charge on any atom is 0.253 e. The normalized spacial score (nSPS) is 17.6. The third-order valence-corrected chi connectivity index (χ3v) is 5.69. The lowest BCUT2D eigenvalue weighted by Gasteiger charge is -2.18. The fraction of sp³-hybridized carbons (Fsp3) is 0.250. The molecule has 0 atom stereocenters. The topological polar surface area (TPSA) is 112 Å². The van der Waals surface area contributed by atoms with Gasteiger partial charge >= 0.3 is 0 Å². The van der Waals surface area contributed by atoms with E-state index in [0.717, 1.165) is 31.4 Å². The summed E-state index contributed by atoms with van der Waals surface area (Å²) in [7, 11) is 0. The molecule has 0 saturated heterocycles. The van der Waals surface area contributed by atoms with E-state index in [2.05, 4.69) is 0 Å². The second-order valence-electron chi connectivity index (χ2n) is 7.89. The van der Waals surface area contributed by atoms with Gasteiger partial charge in [-0.15, -0.1) is 0 Å². The first-order valence-electron chi connectivity index (χ1n) is 10.5. The van der Waals surface area contributed by atoms with E-state index in [4.69, 9.17) is 0 Å². The Morgan fingerprint density at radius 1 is 0.394 bits per heavy atom. The van der Waals surface area contributed by atoms with Gasteiger partial charge in [0.15, 0.2) is 0 Å². The molecule has 0 radical (unpaired) electrons. The van der Waals surface area contributed by atoms with Crippen molar-refractivity contribution < 1.29 is 28.8 Å². The molecule has 0 spiro atoms. The van der Waals surface area contributed by atoms with Crippen molar-refractivity contribution in [2.75, 3.05) is 19.6 Å². The molecule has 33 heavy (non-hydrogen) atoms. The van der Waals surface area contributed by atoms with Crippen molar-refractivity contribution in [3.63, 3.8) is 0 Å². The molecule has 0 unspecified atom stereocenters. The smallest absolute Gasteiger partial charge is 0.253 e. The van der Waals surface area contributed by atoms with Gasteiger partial charge in [-0.3, -0.25) is 43.5 Å². The van der Waals surface area contributed by atoms with Crippen LogP contribution in [0.2, 0.25) is 0 Å². The standard InChI is InChI=1S/C24H21N3O6/c28-19-1-2-20(29)25(19)10-7-16-13-17(8-11-26-21(30)3-4-22(26)31)15-18(14-16)9-12-27-23(32)5-6-24(27)33/h1-6,13-15H,7-12H2. The van der Waals surface area contributed by atoms with Crippen LogP contribution in [0.1, 0.15) is 16.7 Å². The van der Waals surface area contributed by atoms with E-state index in [1.54, 1.807) is 0 Å². The SMILES string of the molecule is O=C1C=CC(=O)N1CCc1cc(CCN2C(=O)C=CC2=O)cc(CCN2C(=O)C=CC2=O)c1. The Labute approximate surface area is 189 Å². The second kappa shape index (κ2) is 9.15. The predicted octanol–water partition coefficient (Wildman–Crippen LogP) is 0.0891. The van der Waals surface area contributed by atoms with Gasteiger partial charge in [-0.1, -0.05) is 18.2 Å². The molecule has 0 saturated carbocycles. The van der Waals surface area contributed by atoms with E-state index in [0.29, 0.717) is 19.3 Å². The average molecular weight is 447 g/mol. The first kappa shape index (κ1) is 22.1. The highest BCUT2D eigenvalue weighted by atomic mass is 16.2. The lowest BCUT2D eigenvalue weighted by molar-refractivity contribution is -0.138. The third kappa shape index (κ3) is 4.87. The summed E-state index contributed by atoms with van der Waals surface area (Å²) >= 11 is 0. The van der Waals surface area contributed by atoms with Crippen molar-refractivity contribution in [3.05, 3.63) is 71.3 Å². The van der Waals surface area contributed by atoms with Crippen molar-refractivity contribution in [1.82, 2.24) is 14.7 Å². The number of carbonyl (C=O) groups is 6. The summed E-state index contributed by atoms with van der Waals surface area (Å²) in [4.78, 5) is 74.5. The zero-order chi connectivity index (χ0) is 23.5. The van der Waals surface area contributed by atoms with Gasteiger partial charge in [0.2, 0.25) is 0 Å². The van der Waals surface area contributed by atoms with E-state index < -0.39 is 0 Å². The molecule has 3 aliphatic heterocycles. The molecule has 0 fully saturated rings. The highest BCUT2D eigenvalue weighted by Gasteiger charge is 2.25. The van der Waals surface area contributed by atoms with Crippen LogP contribution in [-0.2, 0) is 48.0 Å². The van der Waals surface area contributed by atoms with Crippen LogP contribution in [0, 0.1) is 0 Å². The molecule has 1 aromatic carbocycles. The van der Waals surface area contributed by atoms with Gasteiger partial charge in [-0.25, -0.2) is 0 Å². The molecular formula is C24H21N3O6. The highest BCUT2D eigenvalue weighted by Crippen LogP contribution is 2.17. The Kier molecular flexibility index (Phi) is 6.12. The van der Waals surface area contributed by atoms with E-state index in [1.165, 1.54) is 36.5 Å². The van der Waals surface area contributed by atoms with Gasteiger partial charge in [0.1, 0.15) is 0 Å². The first-order valence-corrected chi connectivity index (χ1v) is 10.5. The molecule has 4 rings (SSSR count). The summed E-state index contributed by atoms with van der Waals surface area (Å²) in [5, 5.41) is 0. The fourth-order valence-corrected chi connectivity index (χ4v) is 3.95. The van der Waals surface area contributed by atoms with E-state index in [-0.39, 0.29) is 55.1 Å². The highest BCUT2D eigenvalue weighted by molar-refractivity contribution is 6.14. The van der Waals surface area contributed by atoms with Crippen LogP contribution in [0.15, 0.2) is 54.7 Å². The lowest BCUT2D eigenvalue weighted by Crippen LogP contribution is -2.32. The minimum atomic E-state index is -0.353. The molecule has 0 bridgehead atoms. The third-order valence-electron chi connectivity index (χ3n) is 5.69. The molecule has 3 aliphatic rings. The van der Waals surface area contributed by atoms with Crippen molar-refractivity contribution in [3.8, 4) is 0 Å². The van der Waals surface area contributed by atoms with Crippen LogP contribution in [0.4, 0.5) is 0 Å². The molecule has 0 N–H and O–H groups in total. The van der Waals surface area contributed by atoms with Gasteiger partial charge in [-0.2, -0.15) is 0 Å². The summed E-state index contributed by atoms with van der Waals surface area (Å²) in [5.74, 6) is -2.12. The molecule has 0 aromatic heterocycles. The molecule has 168 valence electrons. The van der Waals surface area contributed by atoms with Gasteiger partial charge in [0.25, 0.3) is 35.4 Å². The number of nitrogens with zero attached hydrogens (tertiary/aromatic N) is 3. The summed E-state index contributed by atoms with van der Waals surface area (Å²) in [6, 6.07) is 5.73. The second-order valence-corrected chi connectivity index (χ2v) is 7.89. The van der Waals surface area contributed by atoms with Crippen molar-refractivity contribution in [1.29, 1.82) is 0 Å². The average Bonchev–Trinajstić information content (AvgIpc) is 3.40. The zero-order valence-electron chi connectivity index (χ0n) is 17.7. The van der Waals surface area contributed by atoms with Crippen LogP contribution in [0.25, 0.3) is 0 Å². The van der Waals surface area contributed by atoms with Crippen molar-refractivity contribution >= 4 is 35.4 Å². The summed E-state index contributed by atoms with van der Waals surface area (Å²) in [5.41, 5.74) is 2.60. The zero-order valence-corrected chi connectivity index (χ0v) is 17.7. The number of hydrogen-bond donors (Lipinski definition) is 0. The monoisotopic (exact) mass is 447 g/mol. The predicted molar refractivity (Wildman–Crippen MR) is 115 cm³/mol. The maximum absolute atomic E-state index is 11.8. The Balaban J connectivity index is 1.47. The van der Waals surface area contributed by atoms with Crippen LogP contribution >= 0.6 is 0 Å². The van der Waals surface area contributed by atoms with Gasteiger partial charge in [-0.05, 0) is 36.0 Å². The molecule has 9 heteroatoms. The number of benzene rings is 1.